The van der Waals surface area contributed by atoms with E-state index < -0.39 is 48.8 Å². The lowest BCUT2D eigenvalue weighted by atomic mass is 10.1. The minimum atomic E-state index is -5.52. The highest BCUT2D eigenvalue weighted by Crippen LogP contribution is 2.35. The number of esters is 1. The molecule has 11 nitrogen and oxygen atoms in total. The Labute approximate surface area is 185 Å². The first-order chi connectivity index (χ1) is 15.8. The molecule has 1 aromatic carbocycles. The van der Waals surface area contributed by atoms with Crippen LogP contribution in [0.15, 0.2) is 36.7 Å². The Balaban J connectivity index is 2.12. The van der Waals surface area contributed by atoms with E-state index in [4.69, 9.17) is 12.5 Å². The van der Waals surface area contributed by atoms with Crippen LogP contribution in [0.25, 0.3) is 0 Å². The molecule has 0 saturated carbocycles. The van der Waals surface area contributed by atoms with Crippen molar-refractivity contribution in [2.75, 3.05) is 18.4 Å². The average Bonchev–Trinajstić information content (AvgIpc) is 3.27. The number of rotatable bonds is 10. The summed E-state index contributed by atoms with van der Waals surface area (Å²) < 4.78 is 69.7. The monoisotopic (exact) mass is 474 g/mol. The molecule has 0 radical (unpaired) electrons. The fourth-order valence-electron chi connectivity index (χ4n) is 2.39. The van der Waals surface area contributed by atoms with Crippen molar-refractivity contribution in [2.24, 2.45) is 5.73 Å². The number of amidine groups is 1. The Morgan fingerprint density at radius 2 is 1.82 bits per heavy atom. The molecule has 2 atom stereocenters. The standard InChI is InChI=1S/C18H19F4N7O4/c1-2-33-14(30)12(29-8-7-26-28-29)9-25-15(31)17(19,20)18(21,22)16(32)27-11-5-3-10(4-6-11)13(23)24/h3-8,12H,2,9H2,1H3,(H3,23,24)(H,25,31)(H,27,32)/i2D. The van der Waals surface area contributed by atoms with Crippen LogP contribution in [0.4, 0.5) is 23.2 Å². The molecule has 0 fully saturated rings. The van der Waals surface area contributed by atoms with E-state index in [-0.39, 0.29) is 17.1 Å². The molecule has 0 aliphatic heterocycles. The molecule has 0 spiro atoms. The lowest BCUT2D eigenvalue weighted by Crippen LogP contribution is -2.58. The lowest BCUT2D eigenvalue weighted by Gasteiger charge is -2.25. The van der Waals surface area contributed by atoms with Gasteiger partial charge in [-0.3, -0.25) is 15.0 Å². The number of anilines is 1. The van der Waals surface area contributed by atoms with Crippen LogP contribution in [-0.2, 0) is 19.1 Å². The molecule has 15 heteroatoms. The third kappa shape index (κ3) is 5.61. The number of halogens is 4. The molecule has 2 aromatic rings. The molecule has 0 aliphatic carbocycles. The highest BCUT2D eigenvalue weighted by Gasteiger charge is 2.67. The second-order valence-corrected chi connectivity index (χ2v) is 6.38. The number of carbonyl (C=O) groups is 3. The fourth-order valence-corrected chi connectivity index (χ4v) is 2.39. The lowest BCUT2D eigenvalue weighted by molar-refractivity contribution is -0.208. The summed E-state index contributed by atoms with van der Waals surface area (Å²) in [4.78, 5) is 35.9. The summed E-state index contributed by atoms with van der Waals surface area (Å²) in [7, 11) is 0. The molecule has 1 aromatic heterocycles. The van der Waals surface area contributed by atoms with Gasteiger partial charge in [0.05, 0.1) is 20.7 Å². The van der Waals surface area contributed by atoms with E-state index >= 15 is 0 Å². The van der Waals surface area contributed by atoms with E-state index in [0.29, 0.717) is 0 Å². The first-order valence-corrected chi connectivity index (χ1v) is 9.05. The van der Waals surface area contributed by atoms with Gasteiger partial charge in [0.1, 0.15) is 5.84 Å². The van der Waals surface area contributed by atoms with Crippen molar-refractivity contribution in [1.82, 2.24) is 20.3 Å². The Morgan fingerprint density at radius 3 is 2.33 bits per heavy atom. The van der Waals surface area contributed by atoms with Crippen molar-refractivity contribution in [3.63, 3.8) is 0 Å². The maximum absolute atomic E-state index is 14.3. The van der Waals surface area contributed by atoms with Crippen LogP contribution < -0.4 is 16.4 Å². The number of hydrogen-bond donors (Lipinski definition) is 4. The zero-order valence-corrected chi connectivity index (χ0v) is 16.9. The van der Waals surface area contributed by atoms with E-state index in [1.165, 1.54) is 24.4 Å². The zero-order valence-electron chi connectivity index (χ0n) is 17.9. The maximum Gasteiger partial charge on any atom is 0.395 e. The molecular formula is C18H19F4N7O4. The van der Waals surface area contributed by atoms with Crippen LogP contribution in [0.2, 0.25) is 0 Å². The number of amides is 2. The van der Waals surface area contributed by atoms with E-state index in [2.05, 4.69) is 15.0 Å². The molecule has 0 saturated heterocycles. The van der Waals surface area contributed by atoms with Crippen molar-refractivity contribution >= 4 is 29.3 Å². The van der Waals surface area contributed by atoms with Crippen LogP contribution in [0.3, 0.4) is 0 Å². The Hall–Kier alpha value is -4.04. The molecule has 2 rings (SSSR count). The van der Waals surface area contributed by atoms with Crippen LogP contribution in [0.1, 0.15) is 19.9 Å². The van der Waals surface area contributed by atoms with Crippen LogP contribution in [-0.4, -0.2) is 63.6 Å². The van der Waals surface area contributed by atoms with Gasteiger partial charge in [0.15, 0.2) is 6.04 Å². The summed E-state index contributed by atoms with van der Waals surface area (Å²) in [5.74, 6) is -17.5. The quantitative estimate of drug-likeness (QED) is 0.170. The largest absolute Gasteiger partial charge is 0.464 e. The highest BCUT2D eigenvalue weighted by atomic mass is 19.3. The van der Waals surface area contributed by atoms with Gasteiger partial charge >= 0.3 is 23.7 Å². The minimum Gasteiger partial charge on any atom is -0.464 e. The van der Waals surface area contributed by atoms with Crippen LogP contribution in [0, 0.1) is 5.41 Å². The Bertz CT molecular complexity index is 1050. The minimum absolute atomic E-state index is 0.190. The average molecular weight is 474 g/mol. The number of carbonyl (C=O) groups excluding carboxylic acids is 3. The topological polar surface area (TPSA) is 165 Å². The molecule has 1 heterocycles. The maximum atomic E-state index is 14.3. The van der Waals surface area contributed by atoms with Gasteiger partial charge < -0.3 is 21.1 Å². The molecule has 2 amide bonds. The van der Waals surface area contributed by atoms with Crippen molar-refractivity contribution in [2.45, 2.75) is 24.8 Å². The zero-order chi connectivity index (χ0) is 25.7. The Kier molecular flexibility index (Phi) is 7.20. The molecule has 178 valence electrons. The predicted molar refractivity (Wildman–Crippen MR) is 105 cm³/mol. The predicted octanol–water partition coefficient (Wildman–Crippen LogP) is 0.692. The van der Waals surface area contributed by atoms with Crippen molar-refractivity contribution in [3.8, 4) is 0 Å². The van der Waals surface area contributed by atoms with Gasteiger partial charge in [0, 0.05) is 17.4 Å². The molecular weight excluding hydrogens is 454 g/mol. The SMILES string of the molecule is [2H]C(C)OC(=O)C(CNC(=O)C(F)(F)C(F)(F)C(=O)Nc1ccc(C(=N)N)cc1)n1ccnn1. The molecule has 2 unspecified atom stereocenters. The number of benzene rings is 1. The van der Waals surface area contributed by atoms with Crippen molar-refractivity contribution in [1.29, 1.82) is 5.41 Å². The first-order valence-electron chi connectivity index (χ1n) is 9.63. The summed E-state index contributed by atoms with van der Waals surface area (Å²) in [5, 5.41) is 17.1. The number of aromatic nitrogens is 3. The van der Waals surface area contributed by atoms with E-state index in [9.17, 15) is 31.9 Å². The first kappa shape index (κ1) is 23.6. The highest BCUT2D eigenvalue weighted by molar-refractivity contribution is 6.02. The summed E-state index contributed by atoms with van der Waals surface area (Å²) in [6, 6.07) is 2.86. The number of nitrogens with two attached hydrogens (primary N) is 1. The summed E-state index contributed by atoms with van der Waals surface area (Å²) in [6.07, 6.45) is 2.23. The molecule has 5 N–H and O–H groups in total. The number of nitrogen functional groups attached to an aromatic ring is 1. The van der Waals surface area contributed by atoms with Gasteiger partial charge in [0.25, 0.3) is 5.91 Å². The van der Waals surface area contributed by atoms with Gasteiger partial charge in [-0.2, -0.15) is 17.6 Å². The van der Waals surface area contributed by atoms with Crippen LogP contribution in [0.5, 0.6) is 0 Å². The van der Waals surface area contributed by atoms with Crippen molar-refractivity contribution in [3.05, 3.63) is 42.2 Å². The molecule has 0 bridgehead atoms. The third-order valence-corrected chi connectivity index (χ3v) is 4.14. The van der Waals surface area contributed by atoms with Gasteiger partial charge in [-0.15, -0.1) is 5.10 Å². The summed E-state index contributed by atoms with van der Waals surface area (Å²) in [5.41, 5.74) is 5.11. The molecule has 0 aliphatic rings. The second-order valence-electron chi connectivity index (χ2n) is 6.38. The normalized spacial score (nSPS) is 13.9. The van der Waals surface area contributed by atoms with Gasteiger partial charge in [-0.05, 0) is 31.2 Å². The van der Waals surface area contributed by atoms with Crippen LogP contribution >= 0.6 is 0 Å². The number of nitrogens with one attached hydrogen (secondary N) is 3. The number of nitrogens with zero attached hydrogens (tertiary/aromatic N) is 3. The van der Waals surface area contributed by atoms with Crippen molar-refractivity contribution < 1.29 is 38.1 Å². The number of alkyl halides is 4. The fraction of sp³-hybridized carbons (Fsp3) is 0.333. The smallest absolute Gasteiger partial charge is 0.395 e. The van der Waals surface area contributed by atoms with E-state index in [1.807, 2.05) is 0 Å². The van der Waals surface area contributed by atoms with Gasteiger partial charge in [0.2, 0.25) is 0 Å². The van der Waals surface area contributed by atoms with E-state index in [0.717, 1.165) is 29.2 Å². The second kappa shape index (κ2) is 10.1. The Morgan fingerprint density at radius 1 is 1.21 bits per heavy atom. The number of ether oxygens (including phenoxy) is 1. The molecule has 33 heavy (non-hydrogen) atoms. The summed E-state index contributed by atoms with van der Waals surface area (Å²) >= 11 is 0. The van der Waals surface area contributed by atoms with E-state index in [1.54, 1.807) is 5.32 Å². The van der Waals surface area contributed by atoms with Gasteiger partial charge in [-0.25, -0.2) is 9.48 Å². The third-order valence-electron chi connectivity index (χ3n) is 4.14. The number of hydrogen-bond acceptors (Lipinski definition) is 7. The van der Waals surface area contributed by atoms with Gasteiger partial charge in [-0.1, -0.05) is 5.21 Å². The summed E-state index contributed by atoms with van der Waals surface area (Å²) in [6.45, 7) is -1.16.